The van der Waals surface area contributed by atoms with Crippen LogP contribution in [0.15, 0.2) is 12.1 Å². The number of hydrogen-bond acceptors (Lipinski definition) is 3. The number of non-ortho nitro benzene ring substituents is 1. The van der Waals surface area contributed by atoms with Gasteiger partial charge in [-0.1, -0.05) is 0 Å². The van der Waals surface area contributed by atoms with Crippen molar-refractivity contribution < 1.29 is 14.1 Å². The third-order valence-electron chi connectivity index (χ3n) is 3.52. The van der Waals surface area contributed by atoms with E-state index < -0.39 is 16.6 Å². The molecule has 1 amide bonds. The van der Waals surface area contributed by atoms with Crippen LogP contribution in [0.5, 0.6) is 0 Å². The smallest absolute Gasteiger partial charge is 0.270 e. The summed E-state index contributed by atoms with van der Waals surface area (Å²) in [5.41, 5.74) is -0.348. The van der Waals surface area contributed by atoms with Gasteiger partial charge in [0.2, 0.25) is 0 Å². The summed E-state index contributed by atoms with van der Waals surface area (Å²) in [7, 11) is 0. The highest BCUT2D eigenvalue weighted by Crippen LogP contribution is 2.30. The Morgan fingerprint density at radius 2 is 2.15 bits per heavy atom. The number of rotatable bonds is 5. The number of carbonyl (C=O) groups excluding carboxylic acids is 1. The number of amides is 1. The zero-order valence-corrected chi connectivity index (χ0v) is 11.6. The Morgan fingerprint density at radius 1 is 1.50 bits per heavy atom. The maximum Gasteiger partial charge on any atom is 0.270 e. The minimum atomic E-state index is -0.671. The molecule has 0 radical (unpaired) electrons. The first-order valence-electron chi connectivity index (χ1n) is 6.67. The van der Waals surface area contributed by atoms with Gasteiger partial charge >= 0.3 is 0 Å². The molecule has 1 aromatic rings. The van der Waals surface area contributed by atoms with E-state index in [4.69, 9.17) is 0 Å². The topological polar surface area (TPSA) is 63.5 Å². The SMILES string of the molecule is CCN(CC1CC1)C(=O)c1cc([N+](=O)[O-])cc(C)c1F. The van der Waals surface area contributed by atoms with Gasteiger partial charge in [0.25, 0.3) is 11.6 Å². The molecule has 0 aliphatic heterocycles. The number of nitrogens with zero attached hydrogens (tertiary/aromatic N) is 2. The summed E-state index contributed by atoms with van der Waals surface area (Å²) in [4.78, 5) is 24.1. The first-order chi connectivity index (χ1) is 9.43. The van der Waals surface area contributed by atoms with Gasteiger partial charge in [0.15, 0.2) is 0 Å². The van der Waals surface area contributed by atoms with Crippen molar-refractivity contribution in [3.05, 3.63) is 39.2 Å². The van der Waals surface area contributed by atoms with Crippen molar-refractivity contribution in [3.63, 3.8) is 0 Å². The molecule has 20 heavy (non-hydrogen) atoms. The molecule has 0 bridgehead atoms. The van der Waals surface area contributed by atoms with Gasteiger partial charge in [0.1, 0.15) is 5.82 Å². The molecular formula is C14H17FN2O3. The predicted octanol–water partition coefficient (Wildman–Crippen LogP) is 2.91. The van der Waals surface area contributed by atoms with Crippen LogP contribution in [0.4, 0.5) is 10.1 Å². The van der Waals surface area contributed by atoms with E-state index in [9.17, 15) is 19.3 Å². The molecule has 1 aliphatic rings. The molecule has 0 atom stereocenters. The molecule has 0 heterocycles. The van der Waals surface area contributed by atoms with Crippen LogP contribution in [-0.2, 0) is 0 Å². The van der Waals surface area contributed by atoms with Crippen molar-refractivity contribution in [1.82, 2.24) is 4.90 Å². The van der Waals surface area contributed by atoms with E-state index in [0.29, 0.717) is 19.0 Å². The molecular weight excluding hydrogens is 263 g/mol. The third kappa shape index (κ3) is 2.95. The normalized spacial score (nSPS) is 14.2. The first kappa shape index (κ1) is 14.4. The fraction of sp³-hybridized carbons (Fsp3) is 0.500. The van der Waals surface area contributed by atoms with Crippen molar-refractivity contribution in [2.24, 2.45) is 5.92 Å². The van der Waals surface area contributed by atoms with E-state index in [-0.39, 0.29) is 16.8 Å². The maximum absolute atomic E-state index is 14.1. The van der Waals surface area contributed by atoms with Crippen LogP contribution in [0, 0.1) is 28.8 Å². The highest BCUT2D eigenvalue weighted by atomic mass is 19.1. The van der Waals surface area contributed by atoms with E-state index >= 15 is 0 Å². The molecule has 1 saturated carbocycles. The molecule has 1 aromatic carbocycles. The number of aryl methyl sites for hydroxylation is 1. The van der Waals surface area contributed by atoms with Gasteiger partial charge in [-0.05, 0) is 38.2 Å². The molecule has 0 unspecified atom stereocenters. The number of nitro groups is 1. The van der Waals surface area contributed by atoms with Crippen molar-refractivity contribution in [1.29, 1.82) is 0 Å². The fourth-order valence-electron chi connectivity index (χ4n) is 2.15. The highest BCUT2D eigenvalue weighted by molar-refractivity contribution is 5.95. The Hall–Kier alpha value is -1.98. The largest absolute Gasteiger partial charge is 0.339 e. The molecule has 1 fully saturated rings. The molecule has 0 saturated heterocycles. The van der Waals surface area contributed by atoms with E-state index in [2.05, 4.69) is 0 Å². The second-order valence-electron chi connectivity index (χ2n) is 5.17. The second-order valence-corrected chi connectivity index (χ2v) is 5.17. The number of benzene rings is 1. The van der Waals surface area contributed by atoms with Crippen molar-refractivity contribution in [3.8, 4) is 0 Å². The van der Waals surface area contributed by atoms with E-state index in [0.717, 1.165) is 25.0 Å². The lowest BCUT2D eigenvalue weighted by Crippen LogP contribution is -2.33. The first-order valence-corrected chi connectivity index (χ1v) is 6.67. The van der Waals surface area contributed by atoms with Crippen LogP contribution in [0.25, 0.3) is 0 Å². The standard InChI is InChI=1S/C14H17FN2O3/c1-3-16(8-10-4-5-10)14(18)12-7-11(17(19)20)6-9(2)13(12)15/h6-7,10H,3-5,8H2,1-2H3. The molecule has 0 N–H and O–H groups in total. The summed E-state index contributed by atoms with van der Waals surface area (Å²) in [6, 6.07) is 2.17. The van der Waals surface area contributed by atoms with Gasteiger partial charge in [0, 0.05) is 25.2 Å². The summed E-state index contributed by atoms with van der Waals surface area (Å²) < 4.78 is 14.1. The molecule has 108 valence electrons. The maximum atomic E-state index is 14.1. The van der Waals surface area contributed by atoms with Gasteiger partial charge in [-0.25, -0.2) is 4.39 Å². The average molecular weight is 280 g/mol. The molecule has 5 nitrogen and oxygen atoms in total. The molecule has 0 aromatic heterocycles. The van der Waals surface area contributed by atoms with Crippen LogP contribution in [-0.4, -0.2) is 28.8 Å². The highest BCUT2D eigenvalue weighted by Gasteiger charge is 2.28. The van der Waals surface area contributed by atoms with Gasteiger partial charge < -0.3 is 4.90 Å². The number of hydrogen-bond donors (Lipinski definition) is 0. The van der Waals surface area contributed by atoms with E-state index in [1.807, 2.05) is 6.92 Å². The Labute approximate surface area is 116 Å². The average Bonchev–Trinajstić information content (AvgIpc) is 3.22. The summed E-state index contributed by atoms with van der Waals surface area (Å²) in [6.07, 6.45) is 2.17. The number of carbonyl (C=O) groups is 1. The van der Waals surface area contributed by atoms with Crippen molar-refractivity contribution in [2.75, 3.05) is 13.1 Å². The lowest BCUT2D eigenvalue weighted by Gasteiger charge is -2.21. The summed E-state index contributed by atoms with van der Waals surface area (Å²) >= 11 is 0. The Kier molecular flexibility index (Phi) is 4.01. The molecule has 0 spiro atoms. The van der Waals surface area contributed by atoms with Gasteiger partial charge in [0.05, 0.1) is 10.5 Å². The van der Waals surface area contributed by atoms with Crippen molar-refractivity contribution >= 4 is 11.6 Å². The monoisotopic (exact) mass is 280 g/mol. The van der Waals surface area contributed by atoms with Gasteiger partial charge in [-0.2, -0.15) is 0 Å². The van der Waals surface area contributed by atoms with Crippen LogP contribution < -0.4 is 0 Å². The summed E-state index contributed by atoms with van der Waals surface area (Å²) in [5.74, 6) is -0.652. The number of halogens is 1. The van der Waals surface area contributed by atoms with Crippen LogP contribution >= 0.6 is 0 Å². The van der Waals surface area contributed by atoms with E-state index in [1.165, 1.54) is 6.92 Å². The van der Waals surface area contributed by atoms with Crippen LogP contribution in [0.2, 0.25) is 0 Å². The zero-order chi connectivity index (χ0) is 14.9. The Bertz CT molecular complexity index is 556. The zero-order valence-electron chi connectivity index (χ0n) is 11.6. The van der Waals surface area contributed by atoms with E-state index in [1.54, 1.807) is 4.90 Å². The Morgan fingerprint density at radius 3 is 2.65 bits per heavy atom. The molecule has 2 rings (SSSR count). The summed E-state index contributed by atoms with van der Waals surface area (Å²) in [5, 5.41) is 10.8. The minimum absolute atomic E-state index is 0.116. The third-order valence-corrected chi connectivity index (χ3v) is 3.52. The van der Waals surface area contributed by atoms with Gasteiger partial charge in [-0.3, -0.25) is 14.9 Å². The second kappa shape index (κ2) is 5.56. The van der Waals surface area contributed by atoms with Crippen LogP contribution in [0.1, 0.15) is 35.7 Å². The lowest BCUT2D eigenvalue weighted by atomic mass is 10.1. The van der Waals surface area contributed by atoms with Crippen molar-refractivity contribution in [2.45, 2.75) is 26.7 Å². The quantitative estimate of drug-likeness (QED) is 0.615. The van der Waals surface area contributed by atoms with Gasteiger partial charge in [-0.15, -0.1) is 0 Å². The number of nitro benzene ring substituents is 1. The molecule has 6 heteroatoms. The Balaban J connectivity index is 2.33. The fourth-order valence-corrected chi connectivity index (χ4v) is 2.15. The lowest BCUT2D eigenvalue weighted by molar-refractivity contribution is -0.385. The predicted molar refractivity (Wildman–Crippen MR) is 72.1 cm³/mol. The summed E-state index contributed by atoms with van der Waals surface area (Å²) in [6.45, 7) is 4.31. The van der Waals surface area contributed by atoms with Crippen LogP contribution in [0.3, 0.4) is 0 Å². The molecule has 1 aliphatic carbocycles. The minimum Gasteiger partial charge on any atom is -0.339 e.